The summed E-state index contributed by atoms with van der Waals surface area (Å²) in [4.78, 5) is 27.9. The summed E-state index contributed by atoms with van der Waals surface area (Å²) in [6, 6.07) is 0.503. The number of amides is 2. The lowest BCUT2D eigenvalue weighted by molar-refractivity contribution is -0.143. The first-order valence-corrected chi connectivity index (χ1v) is 8.45. The van der Waals surface area contributed by atoms with Crippen molar-refractivity contribution in [3.63, 3.8) is 0 Å². The molecular weight excluding hydrogens is 268 g/mol. The van der Waals surface area contributed by atoms with Gasteiger partial charge >= 0.3 is 12.0 Å². The zero-order chi connectivity index (χ0) is 14.8. The Labute approximate surface area is 126 Å². The molecule has 3 fully saturated rings. The normalized spacial score (nSPS) is 33.4. The summed E-state index contributed by atoms with van der Waals surface area (Å²) in [7, 11) is 0. The molecule has 1 saturated carbocycles. The Morgan fingerprint density at radius 1 is 0.905 bits per heavy atom. The molecule has 3 aliphatic rings. The number of carboxylic acids is 1. The van der Waals surface area contributed by atoms with Crippen molar-refractivity contribution in [3.05, 3.63) is 0 Å². The Bertz CT molecular complexity index is 410. The van der Waals surface area contributed by atoms with Gasteiger partial charge < -0.3 is 14.9 Å². The molecule has 118 valence electrons. The van der Waals surface area contributed by atoms with Gasteiger partial charge in [0.15, 0.2) is 0 Å². The van der Waals surface area contributed by atoms with Crippen molar-refractivity contribution in [1.82, 2.24) is 9.80 Å². The SMILES string of the molecule is O=C(O)C1CCCN(C(=O)N2CCC[C@H]3CCCC[C@H]32)C1. The van der Waals surface area contributed by atoms with Gasteiger partial charge in [-0.2, -0.15) is 0 Å². The molecule has 5 nitrogen and oxygen atoms in total. The van der Waals surface area contributed by atoms with E-state index in [0.717, 1.165) is 32.4 Å². The smallest absolute Gasteiger partial charge is 0.320 e. The summed E-state index contributed by atoms with van der Waals surface area (Å²) in [5.41, 5.74) is 0. The van der Waals surface area contributed by atoms with Crippen molar-refractivity contribution in [3.8, 4) is 0 Å². The van der Waals surface area contributed by atoms with Crippen LogP contribution < -0.4 is 0 Å². The second-order valence-corrected chi connectivity index (χ2v) is 6.85. The molecule has 0 aromatic rings. The summed E-state index contributed by atoms with van der Waals surface area (Å²) in [6.07, 6.45) is 8.78. The molecule has 0 bridgehead atoms. The summed E-state index contributed by atoms with van der Waals surface area (Å²) in [6.45, 7) is 1.97. The van der Waals surface area contributed by atoms with E-state index in [0.29, 0.717) is 24.9 Å². The molecule has 2 heterocycles. The predicted octanol–water partition coefficient (Wildman–Crippen LogP) is 2.56. The molecule has 1 unspecified atom stereocenters. The molecule has 3 atom stereocenters. The van der Waals surface area contributed by atoms with Gasteiger partial charge in [0, 0.05) is 25.7 Å². The van der Waals surface area contributed by atoms with Crippen LogP contribution in [-0.2, 0) is 4.79 Å². The van der Waals surface area contributed by atoms with E-state index in [9.17, 15) is 14.7 Å². The lowest BCUT2D eigenvalue weighted by Crippen LogP contribution is -2.56. The molecule has 0 radical (unpaired) electrons. The largest absolute Gasteiger partial charge is 0.481 e. The van der Waals surface area contributed by atoms with Crippen molar-refractivity contribution >= 4 is 12.0 Å². The van der Waals surface area contributed by atoms with Crippen molar-refractivity contribution < 1.29 is 14.7 Å². The molecule has 0 aromatic heterocycles. The maximum absolute atomic E-state index is 12.8. The summed E-state index contributed by atoms with van der Waals surface area (Å²) < 4.78 is 0. The van der Waals surface area contributed by atoms with Crippen molar-refractivity contribution in [2.45, 2.75) is 57.4 Å². The monoisotopic (exact) mass is 294 g/mol. The lowest BCUT2D eigenvalue weighted by atomic mass is 9.78. The highest BCUT2D eigenvalue weighted by atomic mass is 16.4. The van der Waals surface area contributed by atoms with Crippen LogP contribution in [-0.4, -0.2) is 52.6 Å². The quantitative estimate of drug-likeness (QED) is 0.808. The van der Waals surface area contributed by atoms with Gasteiger partial charge in [0.1, 0.15) is 0 Å². The minimum Gasteiger partial charge on any atom is -0.481 e. The zero-order valence-electron chi connectivity index (χ0n) is 12.7. The van der Waals surface area contributed by atoms with E-state index in [1.807, 2.05) is 0 Å². The number of carboxylic acid groups (broad SMARTS) is 1. The molecular formula is C16H26N2O3. The van der Waals surface area contributed by atoms with Gasteiger partial charge in [-0.3, -0.25) is 4.79 Å². The topological polar surface area (TPSA) is 60.9 Å². The first-order chi connectivity index (χ1) is 10.2. The highest BCUT2D eigenvalue weighted by molar-refractivity contribution is 5.77. The number of carbonyl (C=O) groups is 2. The van der Waals surface area contributed by atoms with Crippen LogP contribution in [0.5, 0.6) is 0 Å². The number of rotatable bonds is 1. The fraction of sp³-hybridized carbons (Fsp3) is 0.875. The average Bonchev–Trinajstić information content (AvgIpc) is 2.53. The van der Waals surface area contributed by atoms with Crippen LogP contribution in [0.2, 0.25) is 0 Å². The molecule has 2 amide bonds. The van der Waals surface area contributed by atoms with Crippen LogP contribution in [0.25, 0.3) is 0 Å². The van der Waals surface area contributed by atoms with E-state index < -0.39 is 5.97 Å². The van der Waals surface area contributed by atoms with Crippen molar-refractivity contribution in [1.29, 1.82) is 0 Å². The summed E-state index contributed by atoms with van der Waals surface area (Å²) in [5, 5.41) is 9.18. The third-order valence-corrected chi connectivity index (χ3v) is 5.53. The second-order valence-electron chi connectivity index (χ2n) is 6.85. The Morgan fingerprint density at radius 3 is 2.43 bits per heavy atom. The maximum Gasteiger partial charge on any atom is 0.320 e. The first kappa shape index (κ1) is 14.7. The van der Waals surface area contributed by atoms with E-state index in [1.54, 1.807) is 4.90 Å². The van der Waals surface area contributed by atoms with Gasteiger partial charge in [-0.25, -0.2) is 4.79 Å². The van der Waals surface area contributed by atoms with Gasteiger partial charge in [-0.15, -0.1) is 0 Å². The molecule has 2 aliphatic heterocycles. The third-order valence-electron chi connectivity index (χ3n) is 5.53. The number of hydrogen-bond acceptors (Lipinski definition) is 2. The summed E-state index contributed by atoms with van der Waals surface area (Å²) >= 11 is 0. The number of carbonyl (C=O) groups excluding carboxylic acids is 1. The average molecular weight is 294 g/mol. The molecule has 0 spiro atoms. The Kier molecular flexibility index (Phi) is 4.36. The molecule has 2 saturated heterocycles. The molecule has 5 heteroatoms. The standard InChI is InChI=1S/C16H26N2O3/c19-15(20)13-7-3-9-17(11-13)16(21)18-10-4-6-12-5-1-2-8-14(12)18/h12-14H,1-11H2,(H,19,20)/t12-,13?,14-/m1/s1. The predicted molar refractivity (Wildman–Crippen MR) is 79.0 cm³/mol. The van der Waals surface area contributed by atoms with Crippen LogP contribution in [0.15, 0.2) is 0 Å². The van der Waals surface area contributed by atoms with Crippen LogP contribution in [0, 0.1) is 11.8 Å². The zero-order valence-corrected chi connectivity index (χ0v) is 12.7. The highest BCUT2D eigenvalue weighted by Crippen LogP contribution is 2.36. The number of aliphatic carboxylic acids is 1. The van der Waals surface area contributed by atoms with E-state index in [-0.39, 0.29) is 11.9 Å². The molecule has 21 heavy (non-hydrogen) atoms. The van der Waals surface area contributed by atoms with E-state index >= 15 is 0 Å². The highest BCUT2D eigenvalue weighted by Gasteiger charge is 2.38. The van der Waals surface area contributed by atoms with Crippen LogP contribution in [0.3, 0.4) is 0 Å². The number of fused-ring (bicyclic) bond motifs is 1. The van der Waals surface area contributed by atoms with Gasteiger partial charge in [-0.05, 0) is 44.4 Å². The number of urea groups is 1. The molecule has 3 rings (SSSR count). The second kappa shape index (κ2) is 6.24. The number of nitrogens with zero attached hydrogens (tertiary/aromatic N) is 2. The van der Waals surface area contributed by atoms with E-state index in [2.05, 4.69) is 4.90 Å². The van der Waals surface area contributed by atoms with Crippen molar-refractivity contribution in [2.75, 3.05) is 19.6 Å². The third kappa shape index (κ3) is 3.01. The molecule has 0 aromatic carbocycles. The number of likely N-dealkylation sites (tertiary alicyclic amines) is 2. The fourth-order valence-electron chi connectivity index (χ4n) is 4.40. The number of piperidine rings is 2. The van der Waals surface area contributed by atoms with Gasteiger partial charge in [-0.1, -0.05) is 12.8 Å². The lowest BCUT2D eigenvalue weighted by Gasteiger charge is -2.46. The maximum atomic E-state index is 12.8. The van der Waals surface area contributed by atoms with Crippen LogP contribution >= 0.6 is 0 Å². The van der Waals surface area contributed by atoms with Crippen LogP contribution in [0.4, 0.5) is 4.79 Å². The van der Waals surface area contributed by atoms with E-state index in [1.165, 1.54) is 25.7 Å². The van der Waals surface area contributed by atoms with E-state index in [4.69, 9.17) is 0 Å². The Morgan fingerprint density at radius 2 is 1.62 bits per heavy atom. The minimum atomic E-state index is -0.762. The Hall–Kier alpha value is -1.26. The van der Waals surface area contributed by atoms with Crippen molar-refractivity contribution in [2.24, 2.45) is 11.8 Å². The van der Waals surface area contributed by atoms with Gasteiger partial charge in [0.2, 0.25) is 0 Å². The van der Waals surface area contributed by atoms with Crippen LogP contribution in [0.1, 0.15) is 51.4 Å². The minimum absolute atomic E-state index is 0.0950. The number of hydrogen-bond donors (Lipinski definition) is 1. The summed E-state index contributed by atoms with van der Waals surface area (Å²) in [5.74, 6) is -0.465. The van der Waals surface area contributed by atoms with Gasteiger partial charge in [0.25, 0.3) is 0 Å². The molecule has 1 aliphatic carbocycles. The Balaban J connectivity index is 1.67. The molecule has 1 N–H and O–H groups in total. The fourth-order valence-corrected chi connectivity index (χ4v) is 4.40. The van der Waals surface area contributed by atoms with Gasteiger partial charge in [0.05, 0.1) is 5.92 Å². The first-order valence-electron chi connectivity index (χ1n) is 8.45.